The van der Waals surface area contributed by atoms with Crippen LogP contribution in [0.4, 0.5) is 0 Å². The van der Waals surface area contributed by atoms with Crippen molar-refractivity contribution >= 4 is 5.78 Å². The standard InChI is InChI=1S/C13H14N2O2/c1-2-17-10-13(16)11-8-14-15(9-11)12-6-4-3-5-7-12/h3-9H,2,10H2,1H3. The lowest BCUT2D eigenvalue weighted by Crippen LogP contribution is -2.07. The zero-order valence-corrected chi connectivity index (χ0v) is 9.67. The number of para-hydroxylation sites is 1. The molecule has 17 heavy (non-hydrogen) atoms. The number of carbonyl (C=O) groups excluding carboxylic acids is 1. The van der Waals surface area contributed by atoms with Crippen LogP contribution < -0.4 is 0 Å². The molecule has 0 aliphatic carbocycles. The molecule has 1 heterocycles. The Hall–Kier alpha value is -1.94. The van der Waals surface area contributed by atoms with E-state index in [1.165, 1.54) is 0 Å². The third-order valence-corrected chi connectivity index (χ3v) is 2.36. The Morgan fingerprint density at radius 2 is 2.12 bits per heavy atom. The normalized spacial score (nSPS) is 10.4. The molecular weight excluding hydrogens is 216 g/mol. The average Bonchev–Trinajstić information content (AvgIpc) is 2.86. The summed E-state index contributed by atoms with van der Waals surface area (Å²) in [6.45, 7) is 2.51. The number of carbonyl (C=O) groups is 1. The second-order valence-electron chi connectivity index (χ2n) is 3.57. The molecule has 88 valence electrons. The Bertz CT molecular complexity index is 491. The number of Topliss-reactive ketones (excluding diaryl/α,β-unsaturated/α-hetero) is 1. The van der Waals surface area contributed by atoms with Crippen LogP contribution in [-0.2, 0) is 4.74 Å². The minimum Gasteiger partial charge on any atom is -0.374 e. The van der Waals surface area contributed by atoms with Crippen molar-refractivity contribution in [1.82, 2.24) is 9.78 Å². The van der Waals surface area contributed by atoms with Gasteiger partial charge in [0.05, 0.1) is 17.4 Å². The summed E-state index contributed by atoms with van der Waals surface area (Å²) in [6, 6.07) is 9.67. The van der Waals surface area contributed by atoms with Gasteiger partial charge in [0.15, 0.2) is 5.78 Å². The van der Waals surface area contributed by atoms with E-state index in [0.717, 1.165) is 5.69 Å². The Morgan fingerprint density at radius 1 is 1.35 bits per heavy atom. The lowest BCUT2D eigenvalue weighted by Gasteiger charge is -1.99. The van der Waals surface area contributed by atoms with Crippen molar-refractivity contribution < 1.29 is 9.53 Å². The quantitative estimate of drug-likeness (QED) is 0.739. The summed E-state index contributed by atoms with van der Waals surface area (Å²) in [5, 5.41) is 4.16. The Labute approximate surface area is 99.8 Å². The molecule has 0 saturated heterocycles. The minimum atomic E-state index is -0.0472. The molecule has 0 saturated carbocycles. The monoisotopic (exact) mass is 230 g/mol. The SMILES string of the molecule is CCOCC(=O)c1cnn(-c2ccccc2)c1. The number of benzene rings is 1. The van der Waals surface area contributed by atoms with Gasteiger partial charge in [-0.25, -0.2) is 4.68 Å². The highest BCUT2D eigenvalue weighted by Gasteiger charge is 2.08. The smallest absolute Gasteiger partial charge is 0.191 e. The molecule has 0 spiro atoms. The van der Waals surface area contributed by atoms with Crippen molar-refractivity contribution in [3.63, 3.8) is 0 Å². The Kier molecular flexibility index (Phi) is 3.67. The average molecular weight is 230 g/mol. The zero-order chi connectivity index (χ0) is 12.1. The van der Waals surface area contributed by atoms with Gasteiger partial charge >= 0.3 is 0 Å². The molecular formula is C13H14N2O2. The fourth-order valence-corrected chi connectivity index (χ4v) is 1.47. The molecule has 1 aromatic carbocycles. The number of hydrogen-bond donors (Lipinski definition) is 0. The van der Waals surface area contributed by atoms with E-state index in [1.807, 2.05) is 37.3 Å². The first-order valence-electron chi connectivity index (χ1n) is 5.52. The summed E-state index contributed by atoms with van der Waals surface area (Å²) in [5.74, 6) is -0.0472. The second-order valence-corrected chi connectivity index (χ2v) is 3.57. The van der Waals surface area contributed by atoms with Crippen LogP contribution in [0.5, 0.6) is 0 Å². The van der Waals surface area contributed by atoms with Gasteiger partial charge < -0.3 is 4.74 Å². The van der Waals surface area contributed by atoms with Gasteiger partial charge in [0.1, 0.15) is 6.61 Å². The number of hydrogen-bond acceptors (Lipinski definition) is 3. The topological polar surface area (TPSA) is 44.1 Å². The first kappa shape index (κ1) is 11.5. The summed E-state index contributed by atoms with van der Waals surface area (Å²) < 4.78 is 6.76. The molecule has 0 amide bonds. The van der Waals surface area contributed by atoms with Gasteiger partial charge in [0.2, 0.25) is 0 Å². The van der Waals surface area contributed by atoms with Gasteiger partial charge in [-0.15, -0.1) is 0 Å². The fraction of sp³-hybridized carbons (Fsp3) is 0.231. The molecule has 0 unspecified atom stereocenters. The number of rotatable bonds is 5. The van der Waals surface area contributed by atoms with Gasteiger partial charge in [-0.3, -0.25) is 4.79 Å². The van der Waals surface area contributed by atoms with Crippen LogP contribution in [0.1, 0.15) is 17.3 Å². The van der Waals surface area contributed by atoms with Crippen molar-refractivity contribution in [2.75, 3.05) is 13.2 Å². The number of ketones is 1. The maximum absolute atomic E-state index is 11.7. The molecule has 1 aromatic heterocycles. The van der Waals surface area contributed by atoms with Crippen LogP contribution in [0, 0.1) is 0 Å². The van der Waals surface area contributed by atoms with Crippen molar-refractivity contribution in [3.05, 3.63) is 48.3 Å². The predicted octanol–water partition coefficient (Wildman–Crippen LogP) is 2.09. The summed E-state index contributed by atoms with van der Waals surface area (Å²) in [6.07, 6.45) is 3.28. The molecule has 2 rings (SSSR count). The molecule has 0 atom stereocenters. The number of aromatic nitrogens is 2. The Morgan fingerprint density at radius 3 is 2.82 bits per heavy atom. The maximum atomic E-state index is 11.7. The van der Waals surface area contributed by atoms with Crippen LogP contribution in [0.25, 0.3) is 5.69 Å². The van der Waals surface area contributed by atoms with E-state index in [2.05, 4.69) is 5.10 Å². The highest BCUT2D eigenvalue weighted by molar-refractivity contribution is 5.96. The van der Waals surface area contributed by atoms with E-state index in [9.17, 15) is 4.79 Å². The second kappa shape index (κ2) is 5.41. The van der Waals surface area contributed by atoms with Gasteiger partial charge in [0, 0.05) is 12.8 Å². The molecule has 0 aliphatic rings. The van der Waals surface area contributed by atoms with Gasteiger partial charge in [-0.05, 0) is 19.1 Å². The third-order valence-electron chi connectivity index (χ3n) is 2.36. The van der Waals surface area contributed by atoms with Crippen molar-refractivity contribution in [2.45, 2.75) is 6.92 Å². The highest BCUT2D eigenvalue weighted by Crippen LogP contribution is 2.08. The van der Waals surface area contributed by atoms with E-state index < -0.39 is 0 Å². The van der Waals surface area contributed by atoms with E-state index in [1.54, 1.807) is 17.1 Å². The largest absolute Gasteiger partial charge is 0.374 e. The molecule has 0 radical (unpaired) electrons. The van der Waals surface area contributed by atoms with Gasteiger partial charge in [0.25, 0.3) is 0 Å². The van der Waals surface area contributed by atoms with E-state index in [4.69, 9.17) is 4.74 Å². The third kappa shape index (κ3) is 2.79. The predicted molar refractivity (Wildman–Crippen MR) is 64.4 cm³/mol. The summed E-state index contributed by atoms with van der Waals surface area (Å²) in [7, 11) is 0. The molecule has 0 bridgehead atoms. The van der Waals surface area contributed by atoms with E-state index in [-0.39, 0.29) is 12.4 Å². The first-order chi connectivity index (χ1) is 8.31. The lowest BCUT2D eigenvalue weighted by molar-refractivity contribution is 0.0783. The summed E-state index contributed by atoms with van der Waals surface area (Å²) in [5.41, 5.74) is 1.50. The van der Waals surface area contributed by atoms with Gasteiger partial charge in [-0.2, -0.15) is 5.10 Å². The van der Waals surface area contributed by atoms with Crippen molar-refractivity contribution in [2.24, 2.45) is 0 Å². The minimum absolute atomic E-state index is 0.0472. The Balaban J connectivity index is 2.14. The zero-order valence-electron chi connectivity index (χ0n) is 9.67. The van der Waals surface area contributed by atoms with Gasteiger partial charge in [-0.1, -0.05) is 18.2 Å². The summed E-state index contributed by atoms with van der Waals surface area (Å²) >= 11 is 0. The highest BCUT2D eigenvalue weighted by atomic mass is 16.5. The maximum Gasteiger partial charge on any atom is 0.191 e. The van der Waals surface area contributed by atoms with Crippen LogP contribution in [0.3, 0.4) is 0 Å². The molecule has 0 fully saturated rings. The molecule has 0 aliphatic heterocycles. The van der Waals surface area contributed by atoms with Crippen molar-refractivity contribution in [1.29, 1.82) is 0 Å². The number of nitrogens with zero attached hydrogens (tertiary/aromatic N) is 2. The molecule has 4 nitrogen and oxygen atoms in total. The molecule has 4 heteroatoms. The van der Waals surface area contributed by atoms with E-state index >= 15 is 0 Å². The first-order valence-corrected chi connectivity index (χ1v) is 5.52. The molecule has 2 aromatic rings. The molecule has 0 N–H and O–H groups in total. The van der Waals surface area contributed by atoms with E-state index in [0.29, 0.717) is 12.2 Å². The lowest BCUT2D eigenvalue weighted by atomic mass is 10.2. The van der Waals surface area contributed by atoms with Crippen LogP contribution in [-0.4, -0.2) is 28.8 Å². The number of ether oxygens (including phenoxy) is 1. The van der Waals surface area contributed by atoms with Crippen molar-refractivity contribution in [3.8, 4) is 5.69 Å². The summed E-state index contributed by atoms with van der Waals surface area (Å²) in [4.78, 5) is 11.7. The van der Waals surface area contributed by atoms with Crippen LogP contribution >= 0.6 is 0 Å². The fourth-order valence-electron chi connectivity index (χ4n) is 1.47. The van der Waals surface area contributed by atoms with Crippen LogP contribution in [0.2, 0.25) is 0 Å². The van der Waals surface area contributed by atoms with Crippen LogP contribution in [0.15, 0.2) is 42.7 Å².